The van der Waals surface area contributed by atoms with E-state index < -0.39 is 0 Å². The first kappa shape index (κ1) is 13.2. The number of rotatable bonds is 2. The van der Waals surface area contributed by atoms with Crippen molar-refractivity contribution >= 4 is 0 Å². The molecule has 6 nitrogen and oxygen atoms in total. The van der Waals surface area contributed by atoms with Gasteiger partial charge in [0, 0.05) is 41.8 Å². The van der Waals surface area contributed by atoms with E-state index in [4.69, 9.17) is 0 Å². The van der Waals surface area contributed by atoms with Crippen molar-refractivity contribution in [1.82, 2.24) is 24.7 Å². The Bertz CT molecular complexity index is 842. The van der Waals surface area contributed by atoms with Crippen molar-refractivity contribution in [2.45, 2.75) is 13.8 Å². The maximum atomic E-state index is 11.9. The van der Waals surface area contributed by atoms with E-state index in [2.05, 4.69) is 20.1 Å². The molecule has 3 aromatic heterocycles. The number of pyridine rings is 1. The number of hydrogen-bond acceptors (Lipinski definition) is 4. The lowest BCUT2D eigenvalue weighted by Gasteiger charge is -2.05. The van der Waals surface area contributed by atoms with Crippen LogP contribution in [-0.4, -0.2) is 24.7 Å². The van der Waals surface area contributed by atoms with E-state index >= 15 is 0 Å². The summed E-state index contributed by atoms with van der Waals surface area (Å²) in [4.78, 5) is 23.5. The zero-order valence-electron chi connectivity index (χ0n) is 12.1. The molecule has 0 aliphatic carbocycles. The van der Waals surface area contributed by atoms with Gasteiger partial charge in [0.15, 0.2) is 0 Å². The fourth-order valence-electron chi connectivity index (χ4n) is 2.27. The number of hydrogen-bond donors (Lipinski definition) is 1. The summed E-state index contributed by atoms with van der Waals surface area (Å²) in [6.45, 7) is 3.83. The first-order valence-corrected chi connectivity index (χ1v) is 6.57. The highest BCUT2D eigenvalue weighted by Crippen LogP contribution is 2.20. The highest BCUT2D eigenvalue weighted by Gasteiger charge is 2.08. The van der Waals surface area contributed by atoms with Crippen molar-refractivity contribution in [3.8, 4) is 22.6 Å². The largest absolute Gasteiger partial charge is 0.306 e. The third kappa shape index (κ3) is 2.74. The standard InChI is InChI=1S/C15H15N5O/c1-9-4-11(5-10(2)17-9)15-18-13(6-14(21)19-15)12-7-16-20(3)8-12/h4-8H,1-3H3,(H,18,19,21). The Morgan fingerprint density at radius 1 is 1.05 bits per heavy atom. The number of aromatic amines is 1. The molecular formula is C15H15N5O. The lowest BCUT2D eigenvalue weighted by molar-refractivity contribution is 0.768. The van der Waals surface area contributed by atoms with Gasteiger partial charge < -0.3 is 4.98 Å². The van der Waals surface area contributed by atoms with Crippen LogP contribution in [0.25, 0.3) is 22.6 Å². The second kappa shape index (κ2) is 4.97. The minimum Gasteiger partial charge on any atom is -0.306 e. The van der Waals surface area contributed by atoms with Crippen LogP contribution < -0.4 is 5.56 Å². The second-order valence-corrected chi connectivity index (χ2v) is 5.02. The number of H-pyrrole nitrogens is 1. The van der Waals surface area contributed by atoms with E-state index in [1.807, 2.05) is 39.2 Å². The van der Waals surface area contributed by atoms with Crippen molar-refractivity contribution in [2.75, 3.05) is 0 Å². The molecule has 106 valence electrons. The van der Waals surface area contributed by atoms with Gasteiger partial charge in [-0.2, -0.15) is 5.10 Å². The molecule has 3 rings (SSSR count). The molecule has 0 fully saturated rings. The van der Waals surface area contributed by atoms with Gasteiger partial charge in [0.25, 0.3) is 5.56 Å². The lowest BCUT2D eigenvalue weighted by Crippen LogP contribution is -2.08. The van der Waals surface area contributed by atoms with Gasteiger partial charge in [-0.3, -0.25) is 14.5 Å². The van der Waals surface area contributed by atoms with E-state index in [-0.39, 0.29) is 5.56 Å². The Morgan fingerprint density at radius 3 is 2.38 bits per heavy atom. The van der Waals surface area contributed by atoms with Crippen LogP contribution in [0.3, 0.4) is 0 Å². The van der Waals surface area contributed by atoms with Gasteiger partial charge in [0.2, 0.25) is 0 Å². The zero-order valence-corrected chi connectivity index (χ0v) is 12.1. The topological polar surface area (TPSA) is 76.5 Å². The summed E-state index contributed by atoms with van der Waals surface area (Å²) in [6, 6.07) is 5.28. The Hall–Kier alpha value is -2.76. The SMILES string of the molecule is Cc1cc(-c2nc(-c3cnn(C)c3)cc(=O)[nH]2)cc(C)n1. The number of nitrogens with one attached hydrogen (secondary N) is 1. The molecule has 3 heterocycles. The van der Waals surface area contributed by atoms with E-state index in [9.17, 15) is 4.79 Å². The van der Waals surface area contributed by atoms with Crippen molar-refractivity contribution < 1.29 is 0 Å². The Balaban J connectivity index is 2.15. The molecule has 0 aliphatic heterocycles. The molecule has 3 aromatic rings. The van der Waals surface area contributed by atoms with Crippen LogP contribution in [0.2, 0.25) is 0 Å². The van der Waals surface area contributed by atoms with Gasteiger partial charge in [0.1, 0.15) is 5.82 Å². The third-order valence-electron chi connectivity index (χ3n) is 3.10. The molecule has 0 amide bonds. The summed E-state index contributed by atoms with van der Waals surface area (Å²) in [7, 11) is 1.83. The molecule has 0 aliphatic rings. The van der Waals surface area contributed by atoms with E-state index in [1.165, 1.54) is 6.07 Å². The Kier molecular flexibility index (Phi) is 3.13. The smallest absolute Gasteiger partial charge is 0.251 e. The fourth-order valence-corrected chi connectivity index (χ4v) is 2.27. The van der Waals surface area contributed by atoms with Crippen LogP contribution in [0.1, 0.15) is 11.4 Å². The first-order valence-electron chi connectivity index (χ1n) is 6.57. The van der Waals surface area contributed by atoms with Gasteiger partial charge in [-0.15, -0.1) is 0 Å². The van der Waals surface area contributed by atoms with Gasteiger partial charge in [0.05, 0.1) is 11.9 Å². The van der Waals surface area contributed by atoms with E-state index in [0.29, 0.717) is 11.5 Å². The molecular weight excluding hydrogens is 266 g/mol. The molecule has 0 saturated heterocycles. The second-order valence-electron chi connectivity index (χ2n) is 5.02. The van der Waals surface area contributed by atoms with Crippen LogP contribution in [0.15, 0.2) is 35.4 Å². The molecule has 0 aromatic carbocycles. The lowest BCUT2D eigenvalue weighted by atomic mass is 10.1. The molecule has 1 N–H and O–H groups in total. The molecule has 0 bridgehead atoms. The van der Waals surface area contributed by atoms with Crippen LogP contribution in [0, 0.1) is 13.8 Å². The van der Waals surface area contributed by atoms with Crippen LogP contribution in [0.5, 0.6) is 0 Å². The average Bonchev–Trinajstić information content (AvgIpc) is 2.83. The van der Waals surface area contributed by atoms with Crippen LogP contribution in [-0.2, 0) is 7.05 Å². The first-order chi connectivity index (χ1) is 10.0. The summed E-state index contributed by atoms with van der Waals surface area (Å²) >= 11 is 0. The molecule has 0 radical (unpaired) electrons. The summed E-state index contributed by atoms with van der Waals surface area (Å²) in [6.07, 6.45) is 3.52. The molecule has 0 saturated carbocycles. The van der Waals surface area contributed by atoms with Crippen molar-refractivity contribution in [3.63, 3.8) is 0 Å². The summed E-state index contributed by atoms with van der Waals surface area (Å²) in [5, 5.41) is 4.11. The third-order valence-corrected chi connectivity index (χ3v) is 3.10. The minimum atomic E-state index is -0.189. The Morgan fingerprint density at radius 2 is 1.76 bits per heavy atom. The summed E-state index contributed by atoms with van der Waals surface area (Å²) in [5.41, 5.74) is 3.86. The van der Waals surface area contributed by atoms with Gasteiger partial charge in [-0.05, 0) is 26.0 Å². The predicted octanol–water partition coefficient (Wildman–Crippen LogP) is 1.85. The molecule has 0 atom stereocenters. The minimum absolute atomic E-state index is 0.189. The zero-order chi connectivity index (χ0) is 15.0. The van der Waals surface area contributed by atoms with Gasteiger partial charge >= 0.3 is 0 Å². The van der Waals surface area contributed by atoms with Crippen molar-refractivity contribution in [2.24, 2.45) is 7.05 Å². The number of aromatic nitrogens is 5. The summed E-state index contributed by atoms with van der Waals surface area (Å²) in [5.74, 6) is 0.537. The highest BCUT2D eigenvalue weighted by atomic mass is 16.1. The van der Waals surface area contributed by atoms with Crippen molar-refractivity contribution in [1.29, 1.82) is 0 Å². The molecule has 0 unspecified atom stereocenters. The van der Waals surface area contributed by atoms with Gasteiger partial charge in [-0.1, -0.05) is 0 Å². The summed E-state index contributed by atoms with van der Waals surface area (Å²) < 4.78 is 1.68. The average molecular weight is 281 g/mol. The monoisotopic (exact) mass is 281 g/mol. The number of nitrogens with zero attached hydrogens (tertiary/aromatic N) is 4. The maximum absolute atomic E-state index is 11.9. The normalized spacial score (nSPS) is 10.8. The van der Waals surface area contributed by atoms with Crippen LogP contribution >= 0.6 is 0 Å². The molecule has 21 heavy (non-hydrogen) atoms. The fraction of sp³-hybridized carbons (Fsp3) is 0.200. The van der Waals surface area contributed by atoms with E-state index in [1.54, 1.807) is 10.9 Å². The van der Waals surface area contributed by atoms with Gasteiger partial charge in [-0.25, -0.2) is 4.98 Å². The van der Waals surface area contributed by atoms with Crippen LogP contribution in [0.4, 0.5) is 0 Å². The molecule has 6 heteroatoms. The molecule has 0 spiro atoms. The van der Waals surface area contributed by atoms with E-state index in [0.717, 1.165) is 22.5 Å². The maximum Gasteiger partial charge on any atom is 0.251 e. The highest BCUT2D eigenvalue weighted by molar-refractivity contribution is 5.62. The Labute approximate surface area is 121 Å². The quantitative estimate of drug-likeness (QED) is 0.777. The van der Waals surface area contributed by atoms with Crippen molar-refractivity contribution in [3.05, 3.63) is 52.3 Å². The number of aryl methyl sites for hydroxylation is 3. The predicted molar refractivity (Wildman–Crippen MR) is 79.8 cm³/mol.